The minimum Gasteiger partial charge on any atom is -0.329 e. The molecule has 0 radical (unpaired) electrons. The van der Waals surface area contributed by atoms with Crippen LogP contribution in [0.15, 0.2) is 24.3 Å². The van der Waals surface area contributed by atoms with Gasteiger partial charge in [0.2, 0.25) is 0 Å². The second kappa shape index (κ2) is 4.84. The van der Waals surface area contributed by atoms with E-state index in [1.807, 2.05) is 13.8 Å². The molecule has 0 fully saturated rings. The van der Waals surface area contributed by atoms with Crippen LogP contribution >= 0.6 is 0 Å². The third-order valence-electron chi connectivity index (χ3n) is 3.31. The van der Waals surface area contributed by atoms with Crippen molar-refractivity contribution in [2.24, 2.45) is 11.8 Å². The first-order valence-corrected chi connectivity index (χ1v) is 6.13. The smallest absolute Gasteiger partial charge is 0.329 e. The third kappa shape index (κ3) is 2.23. The Morgan fingerprint density at radius 2 is 1.53 bits per heavy atom. The summed E-state index contributed by atoms with van der Waals surface area (Å²) < 4.78 is 0. The molecule has 2 rings (SSSR count). The van der Waals surface area contributed by atoms with E-state index in [9.17, 15) is 14.4 Å². The van der Waals surface area contributed by atoms with Crippen molar-refractivity contribution in [1.29, 1.82) is 0 Å². The van der Waals surface area contributed by atoms with Gasteiger partial charge < -0.3 is 4.84 Å². The normalized spacial score (nSPS) is 15.7. The van der Waals surface area contributed by atoms with E-state index in [0.29, 0.717) is 5.06 Å². The predicted molar refractivity (Wildman–Crippen MR) is 67.0 cm³/mol. The minimum absolute atomic E-state index is 0.0719. The topological polar surface area (TPSA) is 63.7 Å². The lowest BCUT2D eigenvalue weighted by atomic mass is 9.99. The Bertz CT molecular complexity index is 515. The molecular weight excluding hydrogens is 246 g/mol. The van der Waals surface area contributed by atoms with Crippen LogP contribution in [-0.4, -0.2) is 22.8 Å². The number of hydrogen-bond acceptors (Lipinski definition) is 4. The Morgan fingerprint density at radius 3 is 1.95 bits per heavy atom. The van der Waals surface area contributed by atoms with Gasteiger partial charge in [0, 0.05) is 0 Å². The zero-order valence-electron chi connectivity index (χ0n) is 11.0. The Morgan fingerprint density at radius 1 is 1.05 bits per heavy atom. The molecule has 100 valence electrons. The van der Waals surface area contributed by atoms with Gasteiger partial charge in [-0.1, -0.05) is 38.0 Å². The second-order valence-electron chi connectivity index (χ2n) is 4.89. The van der Waals surface area contributed by atoms with Crippen LogP contribution in [0.5, 0.6) is 0 Å². The maximum Gasteiger partial charge on any atom is 0.336 e. The van der Waals surface area contributed by atoms with Crippen LogP contribution in [0.4, 0.5) is 0 Å². The first-order chi connectivity index (χ1) is 8.93. The minimum atomic E-state index is -0.593. The van der Waals surface area contributed by atoms with E-state index in [0.717, 1.165) is 0 Å². The van der Waals surface area contributed by atoms with Crippen LogP contribution in [0.2, 0.25) is 0 Å². The molecule has 1 heterocycles. The lowest BCUT2D eigenvalue weighted by Gasteiger charge is -2.18. The van der Waals surface area contributed by atoms with Crippen molar-refractivity contribution in [1.82, 2.24) is 5.06 Å². The molecule has 5 heteroatoms. The summed E-state index contributed by atoms with van der Waals surface area (Å²) in [5, 5.41) is 0.547. The average Bonchev–Trinajstić information content (AvgIpc) is 2.63. The first-order valence-electron chi connectivity index (χ1n) is 6.13. The number of benzene rings is 1. The van der Waals surface area contributed by atoms with E-state index in [1.54, 1.807) is 19.1 Å². The quantitative estimate of drug-likeness (QED) is 0.781. The number of fused-ring (bicyclic) bond motifs is 1. The average molecular weight is 261 g/mol. The van der Waals surface area contributed by atoms with Gasteiger partial charge in [0.05, 0.1) is 17.0 Å². The molecule has 0 bridgehead atoms. The van der Waals surface area contributed by atoms with E-state index in [2.05, 4.69) is 0 Å². The van der Waals surface area contributed by atoms with Gasteiger partial charge in [0.25, 0.3) is 11.8 Å². The van der Waals surface area contributed by atoms with Crippen molar-refractivity contribution in [2.45, 2.75) is 20.8 Å². The van der Waals surface area contributed by atoms with Gasteiger partial charge in [-0.05, 0) is 18.1 Å². The molecule has 1 aromatic rings. The lowest BCUT2D eigenvalue weighted by molar-refractivity contribution is -0.174. The van der Waals surface area contributed by atoms with Crippen LogP contribution in [0.3, 0.4) is 0 Å². The van der Waals surface area contributed by atoms with Crippen LogP contribution in [0.25, 0.3) is 0 Å². The summed E-state index contributed by atoms with van der Waals surface area (Å²) in [6.45, 7) is 5.44. The summed E-state index contributed by atoms with van der Waals surface area (Å²) in [5.74, 6) is -2.08. The maximum atomic E-state index is 12.0. The maximum absolute atomic E-state index is 12.0. The van der Waals surface area contributed by atoms with E-state index in [1.165, 1.54) is 12.1 Å². The molecule has 0 saturated heterocycles. The predicted octanol–water partition coefficient (Wildman–Crippen LogP) is 2.03. The number of carbonyl (C=O) groups excluding carboxylic acids is 3. The molecule has 1 unspecified atom stereocenters. The standard InChI is InChI=1S/C14H15NO4/c1-8(2)9(3)14(18)19-15-12(16)10-6-4-5-7-11(10)13(15)17/h4-9H,1-3H3. The SMILES string of the molecule is CC(C)C(C)C(=O)ON1C(=O)c2ccccc2C1=O. The van der Waals surface area contributed by atoms with Crippen molar-refractivity contribution in [3.8, 4) is 0 Å². The van der Waals surface area contributed by atoms with Crippen molar-refractivity contribution in [3.63, 3.8) is 0 Å². The van der Waals surface area contributed by atoms with Gasteiger partial charge in [0.1, 0.15) is 0 Å². The Kier molecular flexibility index (Phi) is 3.38. The summed E-state index contributed by atoms with van der Waals surface area (Å²) in [6, 6.07) is 6.39. The molecule has 2 amide bonds. The molecule has 0 aromatic heterocycles. The fraction of sp³-hybridized carbons (Fsp3) is 0.357. The lowest BCUT2D eigenvalue weighted by Crippen LogP contribution is -2.35. The highest BCUT2D eigenvalue weighted by atomic mass is 16.7. The van der Waals surface area contributed by atoms with Crippen molar-refractivity contribution < 1.29 is 19.2 Å². The van der Waals surface area contributed by atoms with Crippen molar-refractivity contribution in [2.75, 3.05) is 0 Å². The van der Waals surface area contributed by atoms with Gasteiger partial charge in [0.15, 0.2) is 0 Å². The molecule has 1 aliphatic rings. The number of rotatable bonds is 3. The third-order valence-corrected chi connectivity index (χ3v) is 3.31. The van der Waals surface area contributed by atoms with Gasteiger partial charge in [-0.25, -0.2) is 4.79 Å². The largest absolute Gasteiger partial charge is 0.336 e. The van der Waals surface area contributed by atoms with Gasteiger partial charge in [-0.3, -0.25) is 9.59 Å². The molecule has 1 aliphatic heterocycles. The molecule has 0 spiro atoms. The fourth-order valence-corrected chi connectivity index (χ4v) is 1.70. The van der Waals surface area contributed by atoms with E-state index >= 15 is 0 Å². The highest BCUT2D eigenvalue weighted by Crippen LogP contribution is 2.24. The van der Waals surface area contributed by atoms with Crippen LogP contribution < -0.4 is 0 Å². The van der Waals surface area contributed by atoms with Gasteiger partial charge in [-0.2, -0.15) is 0 Å². The fourth-order valence-electron chi connectivity index (χ4n) is 1.70. The van der Waals surface area contributed by atoms with Crippen molar-refractivity contribution in [3.05, 3.63) is 35.4 Å². The number of imide groups is 1. The van der Waals surface area contributed by atoms with Crippen molar-refractivity contribution >= 4 is 17.8 Å². The van der Waals surface area contributed by atoms with Crippen LogP contribution in [0, 0.1) is 11.8 Å². The summed E-state index contributed by atoms with van der Waals surface area (Å²) in [5.41, 5.74) is 0.523. The Labute approximate surface area is 111 Å². The molecular formula is C14H15NO4. The molecule has 1 atom stereocenters. The zero-order valence-corrected chi connectivity index (χ0v) is 11.0. The van der Waals surface area contributed by atoms with Gasteiger partial charge >= 0.3 is 5.97 Å². The van der Waals surface area contributed by atoms with E-state index in [-0.39, 0.29) is 23.0 Å². The monoisotopic (exact) mass is 261 g/mol. The van der Waals surface area contributed by atoms with E-state index in [4.69, 9.17) is 4.84 Å². The number of amides is 2. The molecule has 19 heavy (non-hydrogen) atoms. The number of carbonyl (C=O) groups is 3. The highest BCUT2D eigenvalue weighted by molar-refractivity contribution is 6.20. The summed E-state index contributed by atoms with van der Waals surface area (Å²) >= 11 is 0. The molecule has 5 nitrogen and oxygen atoms in total. The first kappa shape index (κ1) is 13.3. The number of hydroxylamine groups is 2. The zero-order chi connectivity index (χ0) is 14.2. The molecule has 1 aromatic carbocycles. The van der Waals surface area contributed by atoms with E-state index < -0.39 is 17.8 Å². The van der Waals surface area contributed by atoms with Gasteiger partial charge in [-0.15, -0.1) is 0 Å². The Hall–Kier alpha value is -2.17. The number of hydrogen-bond donors (Lipinski definition) is 0. The molecule has 0 aliphatic carbocycles. The molecule has 0 saturated carbocycles. The van der Waals surface area contributed by atoms with Crippen LogP contribution in [0.1, 0.15) is 41.5 Å². The van der Waals surface area contributed by atoms with Crippen LogP contribution in [-0.2, 0) is 9.63 Å². The summed E-state index contributed by atoms with van der Waals surface area (Å²) in [4.78, 5) is 40.7. The summed E-state index contributed by atoms with van der Waals surface area (Å²) in [7, 11) is 0. The highest BCUT2D eigenvalue weighted by Gasteiger charge is 2.39. The second-order valence-corrected chi connectivity index (χ2v) is 4.89. The molecule has 0 N–H and O–H groups in total. The Balaban J connectivity index is 2.19. The summed E-state index contributed by atoms with van der Waals surface area (Å²) in [6.07, 6.45) is 0. The number of nitrogens with zero attached hydrogens (tertiary/aromatic N) is 1.